The Morgan fingerprint density at radius 1 is 1.55 bits per heavy atom. The molecule has 4 heteroatoms. The van der Waals surface area contributed by atoms with Crippen molar-refractivity contribution in [2.75, 3.05) is 25.4 Å². The van der Waals surface area contributed by atoms with Gasteiger partial charge in [-0.3, -0.25) is 0 Å². The van der Waals surface area contributed by atoms with Gasteiger partial charge >= 0.3 is 6.09 Å². The Labute approximate surface area is 72.1 Å². The average Bonchev–Trinajstić information content (AvgIpc) is 2.37. The van der Waals surface area contributed by atoms with Gasteiger partial charge in [0.25, 0.3) is 0 Å². The Hall–Kier alpha value is -0.380. The molecule has 0 radical (unpaired) electrons. The highest BCUT2D eigenvalue weighted by molar-refractivity contribution is 7.80. The van der Waals surface area contributed by atoms with Crippen LogP contribution in [-0.2, 0) is 4.74 Å². The molecule has 1 heterocycles. The Morgan fingerprint density at radius 3 is 2.91 bits per heavy atom. The van der Waals surface area contributed by atoms with Gasteiger partial charge in [0.2, 0.25) is 0 Å². The first-order valence-electron chi connectivity index (χ1n) is 3.87. The van der Waals surface area contributed by atoms with Crippen molar-refractivity contribution < 1.29 is 9.53 Å². The van der Waals surface area contributed by atoms with Crippen LogP contribution in [0.15, 0.2) is 0 Å². The lowest BCUT2D eigenvalue weighted by Crippen LogP contribution is -2.25. The zero-order valence-corrected chi connectivity index (χ0v) is 7.35. The summed E-state index contributed by atoms with van der Waals surface area (Å²) < 4.78 is 4.76. The molecule has 1 saturated heterocycles. The van der Waals surface area contributed by atoms with E-state index in [0.29, 0.717) is 6.61 Å². The third-order valence-electron chi connectivity index (χ3n) is 1.68. The van der Waals surface area contributed by atoms with Crippen molar-refractivity contribution in [1.82, 2.24) is 4.90 Å². The Bertz CT molecular complexity index is 140. The molecule has 0 aromatic heterocycles. The quantitative estimate of drug-likeness (QED) is 0.513. The van der Waals surface area contributed by atoms with Gasteiger partial charge in [-0.15, -0.1) is 0 Å². The number of carbonyl (C=O) groups is 1. The predicted octanol–water partition coefficient (Wildman–Crippen LogP) is 1.15. The van der Waals surface area contributed by atoms with Crippen molar-refractivity contribution in [3.63, 3.8) is 0 Å². The highest BCUT2D eigenvalue weighted by Gasteiger charge is 2.20. The molecule has 0 atom stereocenters. The van der Waals surface area contributed by atoms with Crippen molar-refractivity contribution in [3.05, 3.63) is 0 Å². The molecule has 0 spiro atoms. The standard InChI is InChI=1S/C7H13NO2S/c9-7-8(4-5-10-7)3-1-2-6-11/h11H,1-6H2. The van der Waals surface area contributed by atoms with Crippen LogP contribution in [0.5, 0.6) is 0 Å². The number of carbonyl (C=O) groups excluding carboxylic acids is 1. The number of hydrogen-bond acceptors (Lipinski definition) is 3. The molecular formula is C7H13NO2S. The van der Waals surface area contributed by atoms with Crippen LogP contribution in [0.3, 0.4) is 0 Å². The summed E-state index contributed by atoms with van der Waals surface area (Å²) in [6, 6.07) is 0. The van der Waals surface area contributed by atoms with E-state index in [0.717, 1.165) is 31.7 Å². The van der Waals surface area contributed by atoms with Crippen LogP contribution in [0, 0.1) is 0 Å². The number of rotatable bonds is 4. The maximum atomic E-state index is 10.9. The molecule has 1 aliphatic rings. The summed E-state index contributed by atoms with van der Waals surface area (Å²) in [5.74, 6) is 0.892. The Morgan fingerprint density at radius 2 is 2.36 bits per heavy atom. The van der Waals surface area contributed by atoms with E-state index < -0.39 is 0 Å². The first kappa shape index (κ1) is 8.71. The molecular weight excluding hydrogens is 162 g/mol. The van der Waals surface area contributed by atoms with Crippen LogP contribution in [0.1, 0.15) is 12.8 Å². The minimum Gasteiger partial charge on any atom is -0.448 e. The van der Waals surface area contributed by atoms with Gasteiger partial charge in [0.15, 0.2) is 0 Å². The molecule has 0 bridgehead atoms. The lowest BCUT2D eigenvalue weighted by molar-refractivity contribution is 0.158. The zero-order chi connectivity index (χ0) is 8.10. The highest BCUT2D eigenvalue weighted by Crippen LogP contribution is 2.04. The summed E-state index contributed by atoms with van der Waals surface area (Å²) in [4.78, 5) is 12.6. The van der Waals surface area contributed by atoms with Crippen LogP contribution >= 0.6 is 12.6 Å². The number of unbranched alkanes of at least 4 members (excludes halogenated alkanes) is 1. The summed E-state index contributed by atoms with van der Waals surface area (Å²) in [5, 5.41) is 0. The van der Waals surface area contributed by atoms with E-state index in [1.165, 1.54) is 0 Å². The van der Waals surface area contributed by atoms with Gasteiger partial charge in [-0.2, -0.15) is 12.6 Å². The Balaban J connectivity index is 2.10. The molecule has 11 heavy (non-hydrogen) atoms. The fourth-order valence-corrected chi connectivity index (χ4v) is 1.27. The molecule has 0 aromatic rings. The van der Waals surface area contributed by atoms with E-state index in [1.807, 2.05) is 0 Å². The lowest BCUT2D eigenvalue weighted by Gasteiger charge is -2.10. The maximum absolute atomic E-state index is 10.9. The van der Waals surface area contributed by atoms with Crippen LogP contribution in [-0.4, -0.2) is 36.4 Å². The molecule has 0 unspecified atom stereocenters. The van der Waals surface area contributed by atoms with E-state index in [9.17, 15) is 4.79 Å². The van der Waals surface area contributed by atoms with E-state index in [-0.39, 0.29) is 6.09 Å². The molecule has 0 saturated carbocycles. The summed E-state index contributed by atoms with van der Waals surface area (Å²) >= 11 is 4.09. The SMILES string of the molecule is O=C1OCCN1CCCCS. The summed E-state index contributed by atoms with van der Waals surface area (Å²) in [6.45, 7) is 2.13. The molecule has 3 nitrogen and oxygen atoms in total. The third-order valence-corrected chi connectivity index (χ3v) is 2.00. The topological polar surface area (TPSA) is 29.5 Å². The van der Waals surface area contributed by atoms with Crippen LogP contribution in [0.4, 0.5) is 4.79 Å². The zero-order valence-electron chi connectivity index (χ0n) is 6.45. The minimum atomic E-state index is -0.163. The second-order valence-electron chi connectivity index (χ2n) is 2.53. The van der Waals surface area contributed by atoms with Crippen molar-refractivity contribution in [2.24, 2.45) is 0 Å². The molecule has 0 N–H and O–H groups in total. The number of thiol groups is 1. The lowest BCUT2D eigenvalue weighted by atomic mass is 10.3. The smallest absolute Gasteiger partial charge is 0.409 e. The van der Waals surface area contributed by atoms with Gasteiger partial charge in [-0.1, -0.05) is 0 Å². The molecule has 64 valence electrons. The second kappa shape index (κ2) is 4.49. The van der Waals surface area contributed by atoms with Crippen LogP contribution in [0.2, 0.25) is 0 Å². The molecule has 0 aliphatic carbocycles. The predicted molar refractivity (Wildman–Crippen MR) is 46.0 cm³/mol. The van der Waals surface area contributed by atoms with Gasteiger partial charge in [-0.05, 0) is 18.6 Å². The van der Waals surface area contributed by atoms with Crippen LogP contribution in [0.25, 0.3) is 0 Å². The third kappa shape index (κ3) is 2.61. The first-order valence-corrected chi connectivity index (χ1v) is 4.50. The fraction of sp³-hybridized carbons (Fsp3) is 0.857. The number of nitrogens with zero attached hydrogens (tertiary/aromatic N) is 1. The summed E-state index contributed by atoms with van der Waals surface area (Å²) in [7, 11) is 0. The van der Waals surface area contributed by atoms with E-state index in [4.69, 9.17) is 4.74 Å². The average molecular weight is 175 g/mol. The number of ether oxygens (including phenoxy) is 1. The van der Waals surface area contributed by atoms with Gasteiger partial charge in [0.1, 0.15) is 6.61 Å². The van der Waals surface area contributed by atoms with E-state index in [2.05, 4.69) is 12.6 Å². The van der Waals surface area contributed by atoms with E-state index in [1.54, 1.807) is 4.90 Å². The molecule has 1 fully saturated rings. The summed E-state index contributed by atoms with van der Waals surface area (Å²) in [6.07, 6.45) is 1.93. The van der Waals surface area contributed by atoms with Crippen molar-refractivity contribution in [1.29, 1.82) is 0 Å². The van der Waals surface area contributed by atoms with Gasteiger partial charge in [0.05, 0.1) is 6.54 Å². The van der Waals surface area contributed by atoms with Crippen molar-refractivity contribution >= 4 is 18.7 Å². The van der Waals surface area contributed by atoms with Gasteiger partial charge in [0, 0.05) is 6.54 Å². The van der Waals surface area contributed by atoms with E-state index >= 15 is 0 Å². The number of amides is 1. The van der Waals surface area contributed by atoms with Crippen LogP contribution < -0.4 is 0 Å². The van der Waals surface area contributed by atoms with Crippen molar-refractivity contribution in [2.45, 2.75) is 12.8 Å². The van der Waals surface area contributed by atoms with Gasteiger partial charge in [-0.25, -0.2) is 4.79 Å². The minimum absolute atomic E-state index is 0.163. The Kier molecular flexibility index (Phi) is 3.56. The number of cyclic esters (lactones) is 1. The number of hydrogen-bond donors (Lipinski definition) is 1. The molecule has 1 aliphatic heterocycles. The van der Waals surface area contributed by atoms with Gasteiger partial charge < -0.3 is 9.64 Å². The van der Waals surface area contributed by atoms with Crippen molar-refractivity contribution in [3.8, 4) is 0 Å². The highest BCUT2D eigenvalue weighted by atomic mass is 32.1. The second-order valence-corrected chi connectivity index (χ2v) is 2.98. The molecule has 1 amide bonds. The fourth-order valence-electron chi connectivity index (χ4n) is 1.04. The monoisotopic (exact) mass is 175 g/mol. The first-order chi connectivity index (χ1) is 5.34. The molecule has 0 aromatic carbocycles. The summed E-state index contributed by atoms with van der Waals surface area (Å²) in [5.41, 5.74) is 0. The molecule has 1 rings (SSSR count). The maximum Gasteiger partial charge on any atom is 0.409 e. The largest absolute Gasteiger partial charge is 0.448 e. The normalized spacial score (nSPS) is 17.2.